The summed E-state index contributed by atoms with van der Waals surface area (Å²) in [4.78, 5) is 0. The van der Waals surface area contributed by atoms with Gasteiger partial charge in [0.2, 0.25) is 0 Å². The molecule has 4 rings (SSSR count). The highest BCUT2D eigenvalue weighted by molar-refractivity contribution is 5.65. The average molecular weight is 366 g/mol. The number of alkyl halides is 2. The molecule has 142 valence electrons. The minimum absolute atomic E-state index is 0.101. The number of fused-ring (bicyclic) bond motifs is 3. The van der Waals surface area contributed by atoms with Crippen molar-refractivity contribution < 1.29 is 17.6 Å². The van der Waals surface area contributed by atoms with Gasteiger partial charge >= 0.3 is 0 Å². The Labute approximate surface area is 152 Å². The first-order valence-electron chi connectivity index (χ1n) is 10.0. The van der Waals surface area contributed by atoms with E-state index in [0.717, 1.165) is 38.5 Å². The molecule has 1 saturated carbocycles. The van der Waals surface area contributed by atoms with E-state index in [9.17, 15) is 8.78 Å². The molecule has 1 aromatic rings. The molecule has 3 aliphatic carbocycles. The maximum absolute atomic E-state index is 15.2. The van der Waals surface area contributed by atoms with Crippen molar-refractivity contribution in [1.29, 1.82) is 0 Å². The van der Waals surface area contributed by atoms with Crippen LogP contribution in [0.3, 0.4) is 0 Å². The summed E-state index contributed by atoms with van der Waals surface area (Å²) in [5.74, 6) is -6.00. The van der Waals surface area contributed by atoms with Crippen molar-refractivity contribution in [1.82, 2.24) is 0 Å². The Morgan fingerprint density at radius 1 is 1.04 bits per heavy atom. The number of hydrogen-bond acceptors (Lipinski definition) is 0. The summed E-state index contributed by atoms with van der Waals surface area (Å²) in [6, 6.07) is 0. The smallest absolute Gasteiger partial charge is 0.203 e. The van der Waals surface area contributed by atoms with Gasteiger partial charge in [-0.3, -0.25) is 0 Å². The second-order valence-electron chi connectivity index (χ2n) is 8.32. The van der Waals surface area contributed by atoms with Gasteiger partial charge in [-0.05, 0) is 60.6 Å². The molecule has 0 bridgehead atoms. The summed E-state index contributed by atoms with van der Waals surface area (Å²) in [6.07, 6.45) is 10.6. The number of benzene rings is 1. The summed E-state index contributed by atoms with van der Waals surface area (Å²) >= 11 is 0. The van der Waals surface area contributed by atoms with Crippen LogP contribution in [0, 0.1) is 29.4 Å². The number of allylic oxidation sites excluding steroid dienone is 1. The topological polar surface area (TPSA) is 0 Å². The summed E-state index contributed by atoms with van der Waals surface area (Å²) < 4.78 is 59.5. The predicted molar refractivity (Wildman–Crippen MR) is 95.2 cm³/mol. The zero-order valence-electron chi connectivity index (χ0n) is 15.3. The molecule has 0 amide bonds. The lowest BCUT2D eigenvalue weighted by Crippen LogP contribution is -2.31. The Bertz CT molecular complexity index is 726. The van der Waals surface area contributed by atoms with E-state index < -0.39 is 29.0 Å². The maximum Gasteiger partial charge on any atom is 0.279 e. The van der Waals surface area contributed by atoms with Crippen LogP contribution in [0.5, 0.6) is 0 Å². The van der Waals surface area contributed by atoms with Crippen molar-refractivity contribution in [2.24, 2.45) is 17.8 Å². The predicted octanol–water partition coefficient (Wildman–Crippen LogP) is 6.79. The van der Waals surface area contributed by atoms with E-state index in [2.05, 4.69) is 6.92 Å². The molecule has 0 aromatic heterocycles. The van der Waals surface area contributed by atoms with Crippen LogP contribution in [0.4, 0.5) is 17.6 Å². The first-order valence-corrected chi connectivity index (χ1v) is 10.0. The van der Waals surface area contributed by atoms with Crippen LogP contribution >= 0.6 is 0 Å². The highest BCUT2D eigenvalue weighted by atomic mass is 19.3. The second kappa shape index (κ2) is 6.69. The lowest BCUT2D eigenvalue weighted by atomic mass is 9.73. The Hall–Kier alpha value is -1.32. The maximum atomic E-state index is 15.2. The van der Waals surface area contributed by atoms with Crippen molar-refractivity contribution in [2.45, 2.75) is 70.6 Å². The van der Waals surface area contributed by atoms with E-state index in [4.69, 9.17) is 0 Å². The third-order valence-electron chi connectivity index (χ3n) is 6.86. The lowest BCUT2D eigenvalue weighted by Gasteiger charge is -2.34. The van der Waals surface area contributed by atoms with E-state index in [1.807, 2.05) is 6.08 Å². The molecule has 0 nitrogen and oxygen atoms in total. The standard InChI is InChI=1S/C22H26F4/c1-2-5-13-8-10-14(11-9-13)18-12-17-15-6-3-4-7-16(15)20(23)21(24)19(17)22(18,25)26/h3,6,13-14,18H,2,4-5,7-12H2,1H3. The fraction of sp³-hybridized carbons (Fsp3) is 0.636. The van der Waals surface area contributed by atoms with Crippen molar-refractivity contribution in [3.8, 4) is 0 Å². The quantitative estimate of drug-likeness (QED) is 0.516. The van der Waals surface area contributed by atoms with Crippen LogP contribution in [-0.4, -0.2) is 0 Å². The van der Waals surface area contributed by atoms with Gasteiger partial charge in [0, 0.05) is 5.92 Å². The molecule has 1 aromatic carbocycles. The molecule has 0 aliphatic heterocycles. The fourth-order valence-electron chi connectivity index (χ4n) is 5.53. The largest absolute Gasteiger partial charge is 0.279 e. The van der Waals surface area contributed by atoms with E-state index in [0.29, 0.717) is 29.9 Å². The minimum Gasteiger partial charge on any atom is -0.203 e. The highest BCUT2D eigenvalue weighted by Gasteiger charge is 2.55. The SMILES string of the molecule is CCCC1CCC(C2Cc3c4c(c(F)c(F)c3C2(F)F)CCC=C4)CC1. The molecular weight excluding hydrogens is 340 g/mol. The van der Waals surface area contributed by atoms with E-state index in [1.165, 1.54) is 0 Å². The average Bonchev–Trinajstić information content (AvgIpc) is 2.92. The van der Waals surface area contributed by atoms with Crippen LogP contribution in [0.2, 0.25) is 0 Å². The molecule has 4 heteroatoms. The third-order valence-corrected chi connectivity index (χ3v) is 6.86. The lowest BCUT2D eigenvalue weighted by molar-refractivity contribution is -0.0843. The molecule has 1 unspecified atom stereocenters. The van der Waals surface area contributed by atoms with Gasteiger partial charge in [0.05, 0.1) is 5.56 Å². The Morgan fingerprint density at radius 2 is 1.77 bits per heavy atom. The number of rotatable bonds is 3. The van der Waals surface area contributed by atoms with Crippen molar-refractivity contribution in [3.05, 3.63) is 40.0 Å². The van der Waals surface area contributed by atoms with Crippen molar-refractivity contribution >= 4 is 6.08 Å². The fourth-order valence-corrected chi connectivity index (χ4v) is 5.53. The minimum atomic E-state index is -3.27. The first kappa shape index (κ1) is 18.1. The van der Waals surface area contributed by atoms with Gasteiger partial charge in [-0.15, -0.1) is 0 Å². The van der Waals surface area contributed by atoms with Crippen LogP contribution in [0.25, 0.3) is 6.08 Å². The molecule has 0 N–H and O–H groups in total. The monoisotopic (exact) mass is 366 g/mol. The van der Waals surface area contributed by atoms with Crippen molar-refractivity contribution in [2.75, 3.05) is 0 Å². The molecule has 0 saturated heterocycles. The molecule has 0 heterocycles. The summed E-state index contributed by atoms with van der Waals surface area (Å²) in [5.41, 5.74) is 0.514. The van der Waals surface area contributed by atoms with Gasteiger partial charge in [0.25, 0.3) is 5.92 Å². The van der Waals surface area contributed by atoms with Gasteiger partial charge in [-0.25, -0.2) is 17.6 Å². The van der Waals surface area contributed by atoms with Crippen LogP contribution in [-0.2, 0) is 18.8 Å². The van der Waals surface area contributed by atoms with Crippen molar-refractivity contribution in [3.63, 3.8) is 0 Å². The Kier molecular flexibility index (Phi) is 4.65. The Balaban J connectivity index is 1.67. The van der Waals surface area contributed by atoms with Gasteiger partial charge < -0.3 is 0 Å². The number of hydrogen-bond donors (Lipinski definition) is 0. The zero-order valence-corrected chi connectivity index (χ0v) is 15.3. The van der Waals surface area contributed by atoms with E-state index >= 15 is 8.78 Å². The summed E-state index contributed by atoms with van der Waals surface area (Å²) in [7, 11) is 0. The van der Waals surface area contributed by atoms with Crippen LogP contribution in [0.15, 0.2) is 6.08 Å². The zero-order chi connectivity index (χ0) is 18.5. The molecule has 0 radical (unpaired) electrons. The third kappa shape index (κ3) is 2.71. The van der Waals surface area contributed by atoms with E-state index in [1.54, 1.807) is 6.08 Å². The molecule has 0 spiro atoms. The first-order chi connectivity index (χ1) is 12.4. The van der Waals surface area contributed by atoms with Crippen LogP contribution < -0.4 is 0 Å². The number of halogens is 4. The molecule has 1 atom stereocenters. The summed E-state index contributed by atoms with van der Waals surface area (Å²) in [6.45, 7) is 2.15. The van der Waals surface area contributed by atoms with Gasteiger partial charge in [0.1, 0.15) is 0 Å². The molecule has 3 aliphatic rings. The van der Waals surface area contributed by atoms with E-state index in [-0.39, 0.29) is 17.9 Å². The normalized spacial score (nSPS) is 29.5. The second-order valence-corrected chi connectivity index (χ2v) is 8.32. The Morgan fingerprint density at radius 3 is 2.46 bits per heavy atom. The van der Waals surface area contributed by atoms with Gasteiger partial charge in [-0.1, -0.05) is 44.8 Å². The highest BCUT2D eigenvalue weighted by Crippen LogP contribution is 2.55. The molecule has 1 fully saturated rings. The molecular formula is C22H26F4. The molecule has 26 heavy (non-hydrogen) atoms. The van der Waals surface area contributed by atoms with Gasteiger partial charge in [0.15, 0.2) is 11.6 Å². The van der Waals surface area contributed by atoms with Gasteiger partial charge in [-0.2, -0.15) is 0 Å². The summed E-state index contributed by atoms with van der Waals surface area (Å²) in [5, 5.41) is 0. The van der Waals surface area contributed by atoms with Crippen LogP contribution in [0.1, 0.15) is 74.1 Å².